The molecular formula is C16H17ClN2O2. The molecule has 0 aliphatic carbocycles. The number of nitrogens with one attached hydrogen (secondary N) is 1. The van der Waals surface area contributed by atoms with Gasteiger partial charge >= 0.3 is 0 Å². The van der Waals surface area contributed by atoms with Gasteiger partial charge in [0.2, 0.25) is 0 Å². The Kier molecular flexibility index (Phi) is 4.38. The number of ether oxygens (including phenoxy) is 1. The number of aryl methyl sites for hydroxylation is 2. The lowest BCUT2D eigenvalue weighted by Crippen LogP contribution is -2.17. The summed E-state index contributed by atoms with van der Waals surface area (Å²) in [6.45, 7) is 3.82. The van der Waals surface area contributed by atoms with Crippen molar-refractivity contribution in [1.29, 1.82) is 0 Å². The Balaban J connectivity index is 2.37. The zero-order valence-electron chi connectivity index (χ0n) is 12.2. The van der Waals surface area contributed by atoms with Crippen molar-refractivity contribution in [3.63, 3.8) is 0 Å². The molecule has 0 aliphatic heterocycles. The molecule has 4 nitrogen and oxygen atoms in total. The quantitative estimate of drug-likeness (QED) is 0.850. The zero-order chi connectivity index (χ0) is 15.6. The molecule has 0 aromatic heterocycles. The average molecular weight is 305 g/mol. The molecule has 0 saturated carbocycles. The van der Waals surface area contributed by atoms with Gasteiger partial charge in [0, 0.05) is 17.6 Å². The maximum absolute atomic E-state index is 11.7. The van der Waals surface area contributed by atoms with Crippen LogP contribution in [0.5, 0.6) is 11.5 Å². The van der Waals surface area contributed by atoms with Crippen molar-refractivity contribution in [2.45, 2.75) is 13.8 Å². The number of hydrogen-bond donors (Lipinski definition) is 2. The van der Waals surface area contributed by atoms with Crippen molar-refractivity contribution >= 4 is 23.2 Å². The molecule has 0 heterocycles. The summed E-state index contributed by atoms with van der Waals surface area (Å²) in [6, 6.07) is 8.59. The topological polar surface area (TPSA) is 64.4 Å². The van der Waals surface area contributed by atoms with Gasteiger partial charge in [0.1, 0.15) is 5.75 Å². The molecule has 2 aromatic rings. The minimum Gasteiger partial charge on any atom is -0.455 e. The highest BCUT2D eigenvalue weighted by Gasteiger charge is 2.10. The SMILES string of the molecule is CNC(=O)c1ccc(N)c(Oc2cc(C)c(Cl)c(C)c2)c1. The van der Waals surface area contributed by atoms with Crippen LogP contribution in [0.25, 0.3) is 0 Å². The van der Waals surface area contributed by atoms with Gasteiger partial charge in [0.25, 0.3) is 5.91 Å². The van der Waals surface area contributed by atoms with Crippen molar-refractivity contribution in [2.24, 2.45) is 0 Å². The summed E-state index contributed by atoms with van der Waals surface area (Å²) < 4.78 is 5.80. The molecular weight excluding hydrogens is 288 g/mol. The van der Waals surface area contributed by atoms with E-state index in [1.54, 1.807) is 25.2 Å². The van der Waals surface area contributed by atoms with Gasteiger partial charge in [-0.2, -0.15) is 0 Å². The number of carbonyl (C=O) groups excluding carboxylic acids is 1. The van der Waals surface area contributed by atoms with E-state index in [0.29, 0.717) is 22.7 Å². The maximum atomic E-state index is 11.7. The van der Waals surface area contributed by atoms with Crippen LogP contribution in [0.4, 0.5) is 5.69 Å². The number of carbonyl (C=O) groups is 1. The van der Waals surface area contributed by atoms with E-state index in [4.69, 9.17) is 22.1 Å². The van der Waals surface area contributed by atoms with Crippen molar-refractivity contribution < 1.29 is 9.53 Å². The van der Waals surface area contributed by atoms with E-state index in [0.717, 1.165) is 16.1 Å². The first-order valence-corrected chi connectivity index (χ1v) is 6.86. The van der Waals surface area contributed by atoms with Gasteiger partial charge < -0.3 is 15.8 Å². The normalized spacial score (nSPS) is 10.3. The molecule has 5 heteroatoms. The van der Waals surface area contributed by atoms with E-state index >= 15 is 0 Å². The number of hydrogen-bond acceptors (Lipinski definition) is 3. The van der Waals surface area contributed by atoms with Gasteiger partial charge in [-0.1, -0.05) is 11.6 Å². The molecule has 0 aliphatic rings. The Labute approximate surface area is 128 Å². The third kappa shape index (κ3) is 3.28. The summed E-state index contributed by atoms with van der Waals surface area (Å²) in [5, 5.41) is 3.28. The second kappa shape index (κ2) is 6.06. The zero-order valence-corrected chi connectivity index (χ0v) is 12.9. The van der Waals surface area contributed by atoms with Crippen LogP contribution in [0, 0.1) is 13.8 Å². The van der Waals surface area contributed by atoms with Crippen LogP contribution >= 0.6 is 11.6 Å². The predicted octanol–water partition coefficient (Wildman–Crippen LogP) is 3.69. The second-order valence-corrected chi connectivity index (χ2v) is 5.18. The number of amides is 1. The van der Waals surface area contributed by atoms with Gasteiger partial charge in [0.05, 0.1) is 5.69 Å². The van der Waals surface area contributed by atoms with Crippen LogP contribution in [0.3, 0.4) is 0 Å². The van der Waals surface area contributed by atoms with Crippen LogP contribution in [-0.4, -0.2) is 13.0 Å². The Morgan fingerprint density at radius 1 is 1.19 bits per heavy atom. The molecule has 2 aromatic carbocycles. The lowest BCUT2D eigenvalue weighted by Gasteiger charge is -2.12. The number of nitrogen functional groups attached to an aromatic ring is 1. The lowest BCUT2D eigenvalue weighted by molar-refractivity contribution is 0.0963. The number of rotatable bonds is 3. The second-order valence-electron chi connectivity index (χ2n) is 4.80. The molecule has 2 rings (SSSR count). The van der Waals surface area contributed by atoms with E-state index in [1.165, 1.54) is 0 Å². The van der Waals surface area contributed by atoms with E-state index in [-0.39, 0.29) is 5.91 Å². The van der Waals surface area contributed by atoms with Crippen LogP contribution in [0.15, 0.2) is 30.3 Å². The Bertz CT molecular complexity index is 676. The molecule has 0 fully saturated rings. The summed E-state index contributed by atoms with van der Waals surface area (Å²) in [6.07, 6.45) is 0. The maximum Gasteiger partial charge on any atom is 0.251 e. The Hall–Kier alpha value is -2.20. The molecule has 21 heavy (non-hydrogen) atoms. The van der Waals surface area contributed by atoms with Gasteiger partial charge in [-0.15, -0.1) is 0 Å². The minimum atomic E-state index is -0.191. The number of anilines is 1. The highest BCUT2D eigenvalue weighted by molar-refractivity contribution is 6.32. The first-order valence-electron chi connectivity index (χ1n) is 6.48. The first kappa shape index (κ1) is 15.2. The van der Waals surface area contributed by atoms with E-state index in [9.17, 15) is 4.79 Å². The Morgan fingerprint density at radius 2 is 1.81 bits per heavy atom. The van der Waals surface area contributed by atoms with Gasteiger partial charge in [-0.3, -0.25) is 4.79 Å². The first-order chi connectivity index (χ1) is 9.92. The summed E-state index contributed by atoms with van der Waals surface area (Å²) in [4.78, 5) is 11.7. The van der Waals surface area contributed by atoms with Gasteiger partial charge in [0.15, 0.2) is 5.75 Å². The van der Waals surface area contributed by atoms with Crippen LogP contribution < -0.4 is 15.8 Å². The molecule has 0 spiro atoms. The molecule has 0 bridgehead atoms. The van der Waals surface area contributed by atoms with Crippen molar-refractivity contribution in [3.05, 3.63) is 52.0 Å². The van der Waals surface area contributed by atoms with Crippen molar-refractivity contribution in [1.82, 2.24) is 5.32 Å². The standard InChI is InChI=1S/C16H17ClN2O2/c1-9-6-12(7-10(2)15(9)17)21-14-8-11(16(20)19-3)4-5-13(14)18/h4-8H,18H2,1-3H3,(H,19,20). The molecule has 3 N–H and O–H groups in total. The molecule has 0 unspecified atom stereocenters. The number of nitrogens with two attached hydrogens (primary N) is 1. The van der Waals surface area contributed by atoms with Crippen molar-refractivity contribution in [2.75, 3.05) is 12.8 Å². The Morgan fingerprint density at radius 3 is 2.38 bits per heavy atom. The molecule has 1 amide bonds. The number of halogens is 1. The summed E-state index contributed by atoms with van der Waals surface area (Å²) in [7, 11) is 1.57. The fourth-order valence-electron chi connectivity index (χ4n) is 2.00. The van der Waals surface area contributed by atoms with E-state index < -0.39 is 0 Å². The highest BCUT2D eigenvalue weighted by atomic mass is 35.5. The lowest BCUT2D eigenvalue weighted by atomic mass is 10.1. The van der Waals surface area contributed by atoms with Gasteiger partial charge in [-0.05, 0) is 55.3 Å². The summed E-state index contributed by atoms with van der Waals surface area (Å²) in [5.41, 5.74) is 8.71. The molecule has 0 radical (unpaired) electrons. The van der Waals surface area contributed by atoms with E-state index in [1.807, 2.05) is 26.0 Å². The van der Waals surface area contributed by atoms with E-state index in [2.05, 4.69) is 5.32 Å². The smallest absolute Gasteiger partial charge is 0.251 e. The number of benzene rings is 2. The highest BCUT2D eigenvalue weighted by Crippen LogP contribution is 2.32. The molecule has 110 valence electrons. The predicted molar refractivity (Wildman–Crippen MR) is 85.2 cm³/mol. The van der Waals surface area contributed by atoms with Crippen LogP contribution in [-0.2, 0) is 0 Å². The average Bonchev–Trinajstić information content (AvgIpc) is 2.46. The molecule has 0 atom stereocenters. The monoisotopic (exact) mass is 304 g/mol. The fraction of sp³-hybridized carbons (Fsp3) is 0.188. The van der Waals surface area contributed by atoms with Gasteiger partial charge in [-0.25, -0.2) is 0 Å². The van der Waals surface area contributed by atoms with Crippen LogP contribution in [0.1, 0.15) is 21.5 Å². The molecule has 0 saturated heterocycles. The summed E-state index contributed by atoms with van der Waals surface area (Å²) in [5.74, 6) is 0.885. The third-order valence-electron chi connectivity index (χ3n) is 3.14. The minimum absolute atomic E-state index is 0.191. The summed E-state index contributed by atoms with van der Waals surface area (Å²) >= 11 is 6.14. The third-order valence-corrected chi connectivity index (χ3v) is 3.74. The van der Waals surface area contributed by atoms with Crippen LogP contribution in [0.2, 0.25) is 5.02 Å². The fourth-order valence-corrected chi connectivity index (χ4v) is 2.11. The van der Waals surface area contributed by atoms with Crippen molar-refractivity contribution in [3.8, 4) is 11.5 Å². The largest absolute Gasteiger partial charge is 0.455 e.